The molecule has 0 aromatic heterocycles. The summed E-state index contributed by atoms with van der Waals surface area (Å²) in [4.78, 5) is 83.2. The zero-order valence-corrected chi connectivity index (χ0v) is 30.1. The minimum atomic E-state index is -2.50. The van der Waals surface area contributed by atoms with Gasteiger partial charge in [0.1, 0.15) is 6.10 Å². The molecule has 4 fully saturated rings. The summed E-state index contributed by atoms with van der Waals surface area (Å²) in [5.41, 5.74) is -6.88. The molecule has 6 rings (SSSR count). The summed E-state index contributed by atoms with van der Waals surface area (Å²) in [6.07, 6.45) is -7.90. The van der Waals surface area contributed by atoms with Crippen LogP contribution in [0, 0.1) is 16.7 Å². The third-order valence-corrected chi connectivity index (χ3v) is 11.9. The van der Waals surface area contributed by atoms with Crippen molar-refractivity contribution in [2.24, 2.45) is 16.7 Å². The Labute approximate surface area is 285 Å². The number of carbonyl (C=O) groups is 6. The highest BCUT2D eigenvalue weighted by Crippen LogP contribution is 2.66. The molecule has 2 saturated carbocycles. The quantitative estimate of drug-likeness (QED) is 0.239. The van der Waals surface area contributed by atoms with Crippen LogP contribution in [0.4, 0.5) is 4.79 Å². The number of ketones is 2. The first-order valence-electron chi connectivity index (χ1n) is 16.3. The van der Waals surface area contributed by atoms with Crippen molar-refractivity contribution >= 4 is 43.9 Å². The van der Waals surface area contributed by atoms with Crippen LogP contribution in [0.5, 0.6) is 0 Å². The van der Waals surface area contributed by atoms with Gasteiger partial charge in [-0.25, -0.2) is 9.59 Å². The van der Waals surface area contributed by atoms with Gasteiger partial charge in [0.15, 0.2) is 31.9 Å². The highest BCUT2D eigenvalue weighted by molar-refractivity contribution is 6.69. The molecule has 2 bridgehead atoms. The van der Waals surface area contributed by atoms with Crippen LogP contribution < -0.4 is 0 Å². The molecule has 14 heteroatoms. The van der Waals surface area contributed by atoms with Crippen molar-refractivity contribution in [1.82, 2.24) is 0 Å². The van der Waals surface area contributed by atoms with E-state index in [-0.39, 0.29) is 29.7 Å². The zero-order chi connectivity index (χ0) is 36.1. The summed E-state index contributed by atoms with van der Waals surface area (Å²) in [5, 5.41) is 0. The van der Waals surface area contributed by atoms with Gasteiger partial charge in [-0.2, -0.15) is 0 Å². The Morgan fingerprint density at radius 1 is 0.939 bits per heavy atom. The van der Waals surface area contributed by atoms with Gasteiger partial charge < -0.3 is 32.8 Å². The fraction of sp³-hybridized carbons (Fsp3) is 0.600. The van der Waals surface area contributed by atoms with E-state index < -0.39 is 102 Å². The second kappa shape index (κ2) is 11.3. The van der Waals surface area contributed by atoms with Crippen molar-refractivity contribution in [3.05, 3.63) is 47.0 Å². The van der Waals surface area contributed by atoms with E-state index in [1.165, 1.54) is 26.0 Å². The molecule has 3 aliphatic carbocycles. The first-order valence-corrected chi connectivity index (χ1v) is 19.7. The first-order chi connectivity index (χ1) is 22.7. The van der Waals surface area contributed by atoms with Crippen molar-refractivity contribution in [3.63, 3.8) is 0 Å². The van der Waals surface area contributed by atoms with Crippen molar-refractivity contribution in [2.75, 3.05) is 6.61 Å². The average molecular weight is 699 g/mol. The number of ether oxygens (including phenoxy) is 6. The lowest BCUT2D eigenvalue weighted by Gasteiger charge is -2.67. The molecule has 0 radical (unpaired) electrons. The van der Waals surface area contributed by atoms with Crippen LogP contribution in [0.3, 0.4) is 0 Å². The van der Waals surface area contributed by atoms with Gasteiger partial charge in [0.2, 0.25) is 17.5 Å². The molecular formula is C35H42O13Si. The smallest absolute Gasteiger partial charge is 0.454 e. The van der Waals surface area contributed by atoms with Gasteiger partial charge in [0, 0.05) is 31.3 Å². The number of rotatable bonds is 6. The highest BCUT2D eigenvalue weighted by Gasteiger charge is 2.83. The highest BCUT2D eigenvalue weighted by atomic mass is 28.4. The van der Waals surface area contributed by atoms with E-state index in [4.69, 9.17) is 32.8 Å². The molecule has 5 aliphatic rings. The van der Waals surface area contributed by atoms with Crippen LogP contribution in [0.2, 0.25) is 19.6 Å². The molecule has 0 amide bonds. The number of fused-ring (bicyclic) bond motifs is 4. The molecule has 2 heterocycles. The Bertz CT molecular complexity index is 1680. The van der Waals surface area contributed by atoms with Crippen LogP contribution in [-0.2, 0) is 52.0 Å². The molecule has 13 nitrogen and oxygen atoms in total. The molecule has 1 aromatic carbocycles. The summed E-state index contributed by atoms with van der Waals surface area (Å²) >= 11 is 0. The number of Topliss-reactive ketones (excluding diaryl/α,β-unsaturated/α-hetero) is 2. The summed E-state index contributed by atoms with van der Waals surface area (Å²) in [5.74, 6) is -5.11. The summed E-state index contributed by atoms with van der Waals surface area (Å²) in [7, 11) is -2.50. The average Bonchev–Trinajstić information content (AvgIpc) is 3.36. The Kier molecular flexibility index (Phi) is 8.08. The lowest BCUT2D eigenvalue weighted by molar-refractivity contribution is -0.342. The van der Waals surface area contributed by atoms with Crippen LogP contribution in [0.15, 0.2) is 41.5 Å². The topological polar surface area (TPSA) is 167 Å². The third-order valence-electron chi connectivity index (χ3n) is 11.0. The van der Waals surface area contributed by atoms with Gasteiger partial charge in [-0.05, 0) is 51.2 Å². The molecule has 0 unspecified atom stereocenters. The predicted octanol–water partition coefficient (Wildman–Crippen LogP) is 3.87. The van der Waals surface area contributed by atoms with Crippen LogP contribution in [0.1, 0.15) is 58.3 Å². The van der Waals surface area contributed by atoms with E-state index >= 15 is 4.79 Å². The van der Waals surface area contributed by atoms with E-state index in [1.54, 1.807) is 39.0 Å². The van der Waals surface area contributed by atoms with E-state index in [0.29, 0.717) is 0 Å². The van der Waals surface area contributed by atoms with Crippen LogP contribution >= 0.6 is 0 Å². The molecular weight excluding hydrogens is 656 g/mol. The molecule has 1 aromatic rings. The van der Waals surface area contributed by atoms with Crippen LogP contribution in [-0.4, -0.2) is 92.3 Å². The Morgan fingerprint density at radius 2 is 1.59 bits per heavy atom. The summed E-state index contributed by atoms with van der Waals surface area (Å²) in [6.45, 7) is 14.3. The van der Waals surface area contributed by atoms with Gasteiger partial charge in [0.05, 0.1) is 29.6 Å². The molecule has 9 atom stereocenters. The first kappa shape index (κ1) is 35.0. The van der Waals surface area contributed by atoms with E-state index in [9.17, 15) is 24.0 Å². The number of hydrogen-bond donors (Lipinski definition) is 0. The van der Waals surface area contributed by atoms with Gasteiger partial charge in [0.25, 0.3) is 0 Å². The summed E-state index contributed by atoms with van der Waals surface area (Å²) in [6, 6.07) is 8.05. The minimum Gasteiger partial charge on any atom is -0.454 e. The van der Waals surface area contributed by atoms with Gasteiger partial charge >= 0.3 is 24.1 Å². The summed E-state index contributed by atoms with van der Waals surface area (Å²) < 4.78 is 43.1. The van der Waals surface area contributed by atoms with Crippen molar-refractivity contribution in [1.29, 1.82) is 0 Å². The number of esters is 3. The number of benzene rings is 1. The Morgan fingerprint density at radius 3 is 2.14 bits per heavy atom. The SMILES string of the molecule is CC(=O)O[C@H]1C(=O)[C@]2(C)[C@@H](O[Si](C)(C)C)C[C@H]3OC[C@@]3(OC(C)=O)[C@H]2[C@H](OC(=O)c2ccccc2)[C@]23OC(=O)O[C@H]2C(=O)C(C)=C1C3(C)C. The standard InChI is InChI=1S/C35H42O13Si/c1-17-23-25(43-18(2)36)27(39)33(6)21(48-49(7,8)9)15-22-34(16-42-22,46-19(3)37)26(33)29(44-30(40)20-13-11-10-12-14-20)35(32(23,4)5)28(24(17)38)45-31(41)47-35/h10-14,21-22,25-26,28-29H,15-16H2,1-9H3/t21-,22+,25+,26-,28-,29-,33+,34-,35+/m0/s1. The third kappa shape index (κ3) is 4.92. The lowest BCUT2D eigenvalue weighted by atomic mass is 9.44. The second-order valence-electron chi connectivity index (χ2n) is 15.3. The number of hydrogen-bond acceptors (Lipinski definition) is 13. The monoisotopic (exact) mass is 698 g/mol. The maximum atomic E-state index is 15.5. The second-order valence-corrected chi connectivity index (χ2v) is 19.7. The van der Waals surface area contributed by atoms with E-state index in [2.05, 4.69) is 0 Å². The van der Waals surface area contributed by atoms with Crippen LogP contribution in [0.25, 0.3) is 0 Å². The van der Waals surface area contributed by atoms with E-state index in [0.717, 1.165) is 6.92 Å². The maximum absolute atomic E-state index is 15.5. The minimum absolute atomic E-state index is 0.0386. The van der Waals surface area contributed by atoms with E-state index in [1.807, 2.05) is 19.6 Å². The Hall–Kier alpha value is -3.88. The molecule has 2 aliphatic heterocycles. The molecule has 1 spiro atoms. The lowest BCUT2D eigenvalue weighted by Crippen LogP contribution is -2.83. The van der Waals surface area contributed by atoms with Crippen molar-refractivity contribution in [2.45, 2.75) is 109 Å². The van der Waals surface area contributed by atoms with Crippen molar-refractivity contribution in [3.8, 4) is 0 Å². The van der Waals surface area contributed by atoms with Gasteiger partial charge in [-0.15, -0.1) is 0 Å². The van der Waals surface area contributed by atoms with Crippen molar-refractivity contribution < 1.29 is 61.6 Å². The molecule has 2 saturated heterocycles. The molecule has 49 heavy (non-hydrogen) atoms. The number of carbonyl (C=O) groups excluding carboxylic acids is 6. The zero-order valence-electron chi connectivity index (χ0n) is 29.1. The maximum Gasteiger partial charge on any atom is 0.510 e. The van der Waals surface area contributed by atoms with Gasteiger partial charge in [-0.1, -0.05) is 32.0 Å². The molecule has 264 valence electrons. The largest absolute Gasteiger partial charge is 0.510 e. The molecule has 0 N–H and O–H groups in total. The van der Waals surface area contributed by atoms with Gasteiger partial charge in [-0.3, -0.25) is 19.2 Å². The Balaban J connectivity index is 1.75. The fourth-order valence-electron chi connectivity index (χ4n) is 9.03. The normalized spacial score (nSPS) is 37.5. The fourth-order valence-corrected chi connectivity index (χ4v) is 10.2. The predicted molar refractivity (Wildman–Crippen MR) is 170 cm³/mol.